The van der Waals surface area contributed by atoms with Gasteiger partial charge >= 0.3 is 0 Å². The third kappa shape index (κ3) is 4.49. The average molecular weight is 491 g/mol. The summed E-state index contributed by atoms with van der Waals surface area (Å²) in [6.45, 7) is 2.89. The quantitative estimate of drug-likeness (QED) is 0.425. The number of aromatic nitrogens is 2. The van der Waals surface area contributed by atoms with Crippen LogP contribution in [0.1, 0.15) is 5.56 Å². The van der Waals surface area contributed by atoms with E-state index >= 15 is 0 Å². The van der Waals surface area contributed by atoms with Gasteiger partial charge < -0.3 is 14.8 Å². The number of rotatable bonds is 4. The number of anilines is 1. The number of fused-ring (bicyclic) bond motifs is 1. The first kappa shape index (κ1) is 22.4. The number of nitrogens with one attached hydrogen (secondary N) is 1. The molecule has 1 aliphatic heterocycles. The molecule has 1 saturated heterocycles. The van der Waals surface area contributed by atoms with Gasteiger partial charge in [0.25, 0.3) is 5.56 Å². The van der Waals surface area contributed by atoms with Crippen molar-refractivity contribution in [2.45, 2.75) is 6.42 Å². The number of benzene rings is 3. The lowest BCUT2D eigenvalue weighted by atomic mass is 10.1. The van der Waals surface area contributed by atoms with Crippen molar-refractivity contribution in [1.82, 2.24) is 14.5 Å². The number of aromatic amines is 1. The van der Waals surface area contributed by atoms with Crippen LogP contribution in [0.25, 0.3) is 16.6 Å². The fourth-order valence-electron chi connectivity index (χ4n) is 4.33. The molecule has 0 atom stereocenters. The van der Waals surface area contributed by atoms with Gasteiger partial charge in [-0.3, -0.25) is 14.2 Å². The highest BCUT2D eigenvalue weighted by Gasteiger charge is 2.21. The van der Waals surface area contributed by atoms with Gasteiger partial charge in [0.2, 0.25) is 5.91 Å². The first-order valence-corrected chi connectivity index (χ1v) is 11.9. The molecule has 0 bridgehead atoms. The SMILES string of the molecule is O=C(Cc1ccc(-n2c(=S)[nH]c3ccccc3c2=O)cc1)N1CCN(c2cccc(Cl)c2)CC1. The van der Waals surface area contributed by atoms with E-state index < -0.39 is 0 Å². The molecule has 0 aliphatic carbocycles. The minimum atomic E-state index is -0.166. The summed E-state index contributed by atoms with van der Waals surface area (Å²) in [6.07, 6.45) is 0.316. The Labute approximate surface area is 207 Å². The molecule has 172 valence electrons. The van der Waals surface area contributed by atoms with E-state index in [1.807, 2.05) is 71.6 Å². The minimum absolute atomic E-state index is 0.0960. The van der Waals surface area contributed by atoms with E-state index in [-0.39, 0.29) is 11.5 Å². The van der Waals surface area contributed by atoms with Crippen molar-refractivity contribution in [1.29, 1.82) is 0 Å². The van der Waals surface area contributed by atoms with Gasteiger partial charge in [-0.05, 0) is 60.2 Å². The Morgan fingerprint density at radius 2 is 1.65 bits per heavy atom. The van der Waals surface area contributed by atoms with Gasteiger partial charge in [0.1, 0.15) is 0 Å². The summed E-state index contributed by atoms with van der Waals surface area (Å²) in [7, 11) is 0. The highest BCUT2D eigenvalue weighted by molar-refractivity contribution is 7.71. The van der Waals surface area contributed by atoms with Gasteiger partial charge in [0.15, 0.2) is 4.77 Å². The Morgan fingerprint density at radius 1 is 0.912 bits per heavy atom. The number of hydrogen-bond acceptors (Lipinski definition) is 4. The van der Waals surface area contributed by atoms with Gasteiger partial charge in [-0.25, -0.2) is 0 Å². The zero-order valence-corrected chi connectivity index (χ0v) is 20.0. The molecule has 1 N–H and O–H groups in total. The predicted octanol–water partition coefficient (Wildman–Crippen LogP) is 4.59. The maximum atomic E-state index is 13.0. The van der Waals surface area contributed by atoms with E-state index in [1.165, 1.54) is 4.57 Å². The molecule has 2 heterocycles. The summed E-state index contributed by atoms with van der Waals surface area (Å²) in [5.41, 5.74) is 3.20. The fraction of sp³-hybridized carbons (Fsp3) is 0.192. The Bertz CT molecular complexity index is 1470. The van der Waals surface area contributed by atoms with Crippen molar-refractivity contribution in [3.63, 3.8) is 0 Å². The highest BCUT2D eigenvalue weighted by Crippen LogP contribution is 2.21. The van der Waals surface area contributed by atoms with Crippen LogP contribution in [0.3, 0.4) is 0 Å². The van der Waals surface area contributed by atoms with Gasteiger partial charge in [0.05, 0.1) is 23.0 Å². The van der Waals surface area contributed by atoms with Crippen LogP contribution in [-0.4, -0.2) is 46.5 Å². The van der Waals surface area contributed by atoms with E-state index in [0.717, 1.165) is 24.3 Å². The van der Waals surface area contributed by atoms with E-state index in [2.05, 4.69) is 9.88 Å². The van der Waals surface area contributed by atoms with Crippen LogP contribution < -0.4 is 10.5 Å². The number of carbonyl (C=O) groups excluding carboxylic acids is 1. The molecule has 0 saturated carbocycles. The van der Waals surface area contributed by atoms with Crippen molar-refractivity contribution in [3.8, 4) is 5.69 Å². The molecule has 1 aromatic heterocycles. The maximum Gasteiger partial charge on any atom is 0.266 e. The molecule has 6 nitrogen and oxygen atoms in total. The van der Waals surface area contributed by atoms with Crippen molar-refractivity contribution >= 4 is 46.3 Å². The Kier molecular flexibility index (Phi) is 6.22. The van der Waals surface area contributed by atoms with Crippen molar-refractivity contribution < 1.29 is 4.79 Å². The zero-order valence-electron chi connectivity index (χ0n) is 18.4. The third-order valence-corrected chi connectivity index (χ3v) is 6.68. The standard InChI is InChI=1S/C26H23ClN4O2S/c27-19-4-3-5-21(17-19)29-12-14-30(15-13-29)24(32)16-18-8-10-20(11-9-18)31-25(33)22-6-1-2-7-23(22)28-26(31)34/h1-11,17H,12-16H2,(H,28,34). The average Bonchev–Trinajstić information content (AvgIpc) is 2.85. The highest BCUT2D eigenvalue weighted by atomic mass is 35.5. The molecular weight excluding hydrogens is 468 g/mol. The number of amides is 1. The summed E-state index contributed by atoms with van der Waals surface area (Å²) in [6, 6.07) is 22.5. The molecule has 5 rings (SSSR count). The van der Waals surface area contributed by atoms with Crippen molar-refractivity contribution in [3.05, 3.63) is 98.5 Å². The number of H-pyrrole nitrogens is 1. The van der Waals surface area contributed by atoms with Crippen LogP contribution in [0.5, 0.6) is 0 Å². The van der Waals surface area contributed by atoms with Crippen LogP contribution in [0.4, 0.5) is 5.69 Å². The lowest BCUT2D eigenvalue weighted by Crippen LogP contribution is -2.49. The van der Waals surface area contributed by atoms with E-state index in [0.29, 0.717) is 45.9 Å². The summed E-state index contributed by atoms with van der Waals surface area (Å²) in [5, 5.41) is 1.29. The van der Waals surface area contributed by atoms with Crippen LogP contribution >= 0.6 is 23.8 Å². The molecular formula is C26H23ClN4O2S. The lowest BCUT2D eigenvalue weighted by molar-refractivity contribution is -0.130. The molecule has 8 heteroatoms. The second-order valence-electron chi connectivity index (χ2n) is 8.31. The van der Waals surface area contributed by atoms with Crippen molar-refractivity contribution in [2.24, 2.45) is 0 Å². The second kappa shape index (κ2) is 9.44. The number of halogens is 1. The topological polar surface area (TPSA) is 61.3 Å². The molecule has 1 amide bonds. The lowest BCUT2D eigenvalue weighted by Gasteiger charge is -2.36. The molecule has 0 spiro atoms. The number of hydrogen-bond donors (Lipinski definition) is 1. The van der Waals surface area contributed by atoms with Crippen LogP contribution in [0.15, 0.2) is 77.6 Å². The first-order valence-electron chi connectivity index (χ1n) is 11.1. The van der Waals surface area contributed by atoms with Crippen LogP contribution in [-0.2, 0) is 11.2 Å². The van der Waals surface area contributed by atoms with E-state index in [4.69, 9.17) is 23.8 Å². The molecule has 34 heavy (non-hydrogen) atoms. The zero-order chi connectivity index (χ0) is 23.7. The molecule has 1 aliphatic rings. The summed E-state index contributed by atoms with van der Waals surface area (Å²) in [5.74, 6) is 0.0960. The molecule has 0 radical (unpaired) electrons. The summed E-state index contributed by atoms with van der Waals surface area (Å²) < 4.78 is 1.82. The largest absolute Gasteiger partial charge is 0.368 e. The van der Waals surface area contributed by atoms with E-state index in [1.54, 1.807) is 6.07 Å². The summed E-state index contributed by atoms with van der Waals surface area (Å²) in [4.78, 5) is 33.1. The smallest absolute Gasteiger partial charge is 0.266 e. The van der Waals surface area contributed by atoms with Gasteiger partial charge in [-0.2, -0.15) is 0 Å². The Balaban J connectivity index is 1.26. The number of piperazine rings is 1. The molecule has 1 fully saturated rings. The third-order valence-electron chi connectivity index (χ3n) is 6.16. The summed E-state index contributed by atoms with van der Waals surface area (Å²) >= 11 is 11.5. The Hall–Kier alpha value is -3.42. The maximum absolute atomic E-state index is 13.0. The molecule has 3 aromatic carbocycles. The number of para-hydroxylation sites is 1. The minimum Gasteiger partial charge on any atom is -0.368 e. The van der Waals surface area contributed by atoms with Crippen LogP contribution in [0.2, 0.25) is 5.02 Å². The van der Waals surface area contributed by atoms with Gasteiger partial charge in [-0.15, -0.1) is 0 Å². The molecule has 0 unspecified atom stereocenters. The van der Waals surface area contributed by atoms with Gasteiger partial charge in [-0.1, -0.05) is 41.9 Å². The van der Waals surface area contributed by atoms with Crippen molar-refractivity contribution in [2.75, 3.05) is 31.1 Å². The van der Waals surface area contributed by atoms with Crippen LogP contribution in [0, 0.1) is 4.77 Å². The van der Waals surface area contributed by atoms with E-state index in [9.17, 15) is 9.59 Å². The monoisotopic (exact) mass is 490 g/mol. The van der Waals surface area contributed by atoms with Gasteiger partial charge in [0, 0.05) is 36.9 Å². The number of nitrogens with zero attached hydrogens (tertiary/aromatic N) is 3. The molecule has 4 aromatic rings. The number of carbonyl (C=O) groups is 1. The second-order valence-corrected chi connectivity index (χ2v) is 9.13. The normalized spacial score (nSPS) is 13.9. The predicted molar refractivity (Wildman–Crippen MR) is 139 cm³/mol. The Morgan fingerprint density at radius 3 is 2.38 bits per heavy atom. The first-order chi connectivity index (χ1) is 16.5. The fourth-order valence-corrected chi connectivity index (χ4v) is 4.82.